The highest BCUT2D eigenvalue weighted by Gasteiger charge is 2.50. The maximum atomic E-state index is 15.6. The highest BCUT2D eigenvalue weighted by atomic mass is 19.4. The number of piperazine rings is 2. The van der Waals surface area contributed by atoms with E-state index in [9.17, 15) is 32.3 Å². The van der Waals surface area contributed by atoms with E-state index in [-0.39, 0.29) is 53.7 Å². The average Bonchev–Trinajstić information content (AvgIpc) is 3.37. The first-order chi connectivity index (χ1) is 22.7. The molecule has 4 atom stereocenters. The van der Waals surface area contributed by atoms with E-state index in [2.05, 4.69) is 16.5 Å². The van der Waals surface area contributed by atoms with E-state index in [0.717, 1.165) is 17.0 Å². The van der Waals surface area contributed by atoms with Gasteiger partial charge in [0.2, 0.25) is 23.6 Å². The van der Waals surface area contributed by atoms with Gasteiger partial charge in [0.1, 0.15) is 23.7 Å². The second kappa shape index (κ2) is 12.5. The summed E-state index contributed by atoms with van der Waals surface area (Å²) in [5.41, 5.74) is -0.480. The van der Waals surface area contributed by atoms with Crippen LogP contribution in [0.15, 0.2) is 43.0 Å². The van der Waals surface area contributed by atoms with Gasteiger partial charge in [0, 0.05) is 70.9 Å². The number of nitrogens with zero attached hydrogens (tertiary/aromatic N) is 7. The van der Waals surface area contributed by atoms with Crippen molar-refractivity contribution in [2.45, 2.75) is 44.6 Å². The van der Waals surface area contributed by atoms with Gasteiger partial charge in [0.15, 0.2) is 0 Å². The molecule has 4 amide bonds. The number of rotatable bonds is 5. The largest absolute Gasteiger partial charge is 0.416 e. The molecular formula is C33H37F4N7O4. The summed E-state index contributed by atoms with van der Waals surface area (Å²) >= 11 is 0. The number of anilines is 3. The number of aryl methyl sites for hydroxylation is 1. The Kier molecular flexibility index (Phi) is 8.68. The Morgan fingerprint density at radius 2 is 1.81 bits per heavy atom. The van der Waals surface area contributed by atoms with Crippen LogP contribution in [0.2, 0.25) is 0 Å². The van der Waals surface area contributed by atoms with Crippen molar-refractivity contribution in [2.24, 2.45) is 5.92 Å². The van der Waals surface area contributed by atoms with Gasteiger partial charge in [-0.2, -0.15) is 13.2 Å². The molecule has 6 rings (SSSR count). The van der Waals surface area contributed by atoms with Gasteiger partial charge in [-0.1, -0.05) is 12.6 Å². The number of likely N-dealkylation sites (N-methyl/N-ethyl adjacent to an activating group) is 1. The maximum Gasteiger partial charge on any atom is 0.416 e. The van der Waals surface area contributed by atoms with E-state index < -0.39 is 47.4 Å². The molecule has 0 unspecified atom stereocenters. The number of amides is 4. The molecule has 48 heavy (non-hydrogen) atoms. The fraction of sp³-hybridized carbons (Fsp3) is 0.485. The summed E-state index contributed by atoms with van der Waals surface area (Å²) in [6, 6.07) is 4.04. The van der Waals surface area contributed by atoms with Crippen molar-refractivity contribution in [1.29, 1.82) is 0 Å². The highest BCUT2D eigenvalue weighted by molar-refractivity contribution is 6.10. The smallest absolute Gasteiger partial charge is 0.366 e. The first-order valence-electron chi connectivity index (χ1n) is 15.8. The Hall–Kier alpha value is -4.53. The number of carbonyl (C=O) groups is 4. The van der Waals surface area contributed by atoms with Crippen molar-refractivity contribution in [3.8, 4) is 0 Å². The van der Waals surface area contributed by atoms with E-state index in [0.29, 0.717) is 39.3 Å². The summed E-state index contributed by atoms with van der Waals surface area (Å²) in [6.07, 6.45) is -3.63. The van der Waals surface area contributed by atoms with Crippen LogP contribution in [0.3, 0.4) is 0 Å². The molecule has 3 fully saturated rings. The minimum atomic E-state index is -4.69. The van der Waals surface area contributed by atoms with Gasteiger partial charge >= 0.3 is 6.18 Å². The van der Waals surface area contributed by atoms with Crippen LogP contribution in [0.25, 0.3) is 0 Å². The predicted octanol–water partition coefficient (Wildman–Crippen LogP) is 2.68. The molecule has 2 aromatic rings. The van der Waals surface area contributed by atoms with Crippen molar-refractivity contribution in [3.63, 3.8) is 0 Å². The van der Waals surface area contributed by atoms with Crippen LogP contribution in [0, 0.1) is 18.7 Å². The zero-order valence-corrected chi connectivity index (χ0v) is 26.9. The Morgan fingerprint density at radius 3 is 2.52 bits per heavy atom. The number of halogens is 4. The van der Waals surface area contributed by atoms with Gasteiger partial charge in [-0.05, 0) is 44.2 Å². The number of benzene rings is 1. The molecule has 3 saturated heterocycles. The fourth-order valence-electron chi connectivity index (χ4n) is 7.46. The molecule has 11 nitrogen and oxygen atoms in total. The fourth-order valence-corrected chi connectivity index (χ4v) is 7.46. The molecule has 1 aromatic carbocycles. The maximum absolute atomic E-state index is 15.6. The number of hydrogen-bond acceptors (Lipinski definition) is 7. The number of hydrogen-bond donors (Lipinski definition) is 0. The van der Waals surface area contributed by atoms with Gasteiger partial charge in [0.05, 0.1) is 23.0 Å². The molecule has 0 bridgehead atoms. The number of para-hydroxylation sites is 1. The molecule has 15 heteroatoms. The van der Waals surface area contributed by atoms with Crippen LogP contribution in [0.5, 0.6) is 0 Å². The van der Waals surface area contributed by atoms with Crippen molar-refractivity contribution >= 4 is 40.8 Å². The molecule has 4 aliphatic rings. The van der Waals surface area contributed by atoms with Gasteiger partial charge in [-0.15, -0.1) is 0 Å². The Labute approximate surface area is 275 Å². The summed E-state index contributed by atoms with van der Waals surface area (Å²) < 4.78 is 56.8. The van der Waals surface area contributed by atoms with E-state index in [1.807, 2.05) is 0 Å². The number of aromatic nitrogens is 1. The topological polar surface area (TPSA) is 101 Å². The van der Waals surface area contributed by atoms with Crippen molar-refractivity contribution in [1.82, 2.24) is 19.7 Å². The second-order valence-electron chi connectivity index (χ2n) is 12.8. The van der Waals surface area contributed by atoms with E-state index in [1.165, 1.54) is 42.0 Å². The summed E-state index contributed by atoms with van der Waals surface area (Å²) in [5.74, 6) is -3.03. The standard InChI is InChI=1S/C33H37F4N7O4/c1-5-27(45)43-18-23-17-40(10-12-42(23)31(47)20(43)3)9-11-41-16-21-14-28(46)44(26-15-22(33(35,36)37)13-19(2)38-26)29(21)32(48)39(4)25-8-6-7-24(34)30(25)41/h5-8,13,15,20-21,23,29H,1,9-12,14,16-18H2,2-4H3/t20-,21+,23-,29-/m0/s1. The van der Waals surface area contributed by atoms with Crippen LogP contribution in [0.1, 0.15) is 24.6 Å². The number of alkyl halides is 3. The molecule has 256 valence electrons. The first-order valence-corrected chi connectivity index (χ1v) is 15.8. The predicted molar refractivity (Wildman–Crippen MR) is 169 cm³/mol. The number of carbonyl (C=O) groups excluding carboxylic acids is 4. The summed E-state index contributed by atoms with van der Waals surface area (Å²) in [5, 5.41) is 0. The minimum Gasteiger partial charge on any atom is -0.366 e. The normalized spacial score (nSPS) is 25.1. The SMILES string of the molecule is C=CC(=O)N1C[C@@H]2CN(CCN3C[C@H]4CC(=O)N(c5cc(C(F)(F)F)cc(C)n5)[C@@H]4C(=O)N(C)c4cccc(F)c43)CCN2C(=O)[C@@H]1C. The third kappa shape index (κ3) is 5.88. The van der Waals surface area contributed by atoms with Crippen LogP contribution in [0.4, 0.5) is 34.8 Å². The molecule has 4 aliphatic heterocycles. The summed E-state index contributed by atoms with van der Waals surface area (Å²) in [6.45, 7) is 9.32. The summed E-state index contributed by atoms with van der Waals surface area (Å²) in [7, 11) is 1.46. The molecule has 5 heterocycles. The first kappa shape index (κ1) is 33.4. The quantitative estimate of drug-likeness (QED) is 0.356. The van der Waals surface area contributed by atoms with E-state index in [1.54, 1.807) is 22.8 Å². The van der Waals surface area contributed by atoms with Crippen LogP contribution >= 0.6 is 0 Å². The van der Waals surface area contributed by atoms with Gasteiger partial charge in [0.25, 0.3) is 0 Å². The third-order valence-corrected chi connectivity index (χ3v) is 9.85. The van der Waals surface area contributed by atoms with Crippen molar-refractivity contribution in [2.75, 3.05) is 67.6 Å². The monoisotopic (exact) mass is 671 g/mol. The van der Waals surface area contributed by atoms with Gasteiger partial charge in [-0.3, -0.25) is 29.0 Å². The van der Waals surface area contributed by atoms with Crippen molar-refractivity contribution < 1.29 is 36.7 Å². The molecule has 0 saturated carbocycles. The zero-order chi connectivity index (χ0) is 34.7. The lowest BCUT2D eigenvalue weighted by molar-refractivity contribution is -0.155. The minimum absolute atomic E-state index is 0.0444. The average molecular weight is 672 g/mol. The lowest BCUT2D eigenvalue weighted by atomic mass is 9.95. The van der Waals surface area contributed by atoms with Crippen molar-refractivity contribution in [3.05, 3.63) is 60.1 Å². The van der Waals surface area contributed by atoms with E-state index in [4.69, 9.17) is 0 Å². The number of pyridine rings is 1. The molecule has 0 spiro atoms. The third-order valence-electron chi connectivity index (χ3n) is 9.85. The van der Waals surface area contributed by atoms with Crippen LogP contribution in [-0.2, 0) is 25.4 Å². The van der Waals surface area contributed by atoms with E-state index >= 15 is 4.39 Å². The highest BCUT2D eigenvalue weighted by Crippen LogP contribution is 2.41. The molecule has 0 radical (unpaired) electrons. The molecule has 0 aliphatic carbocycles. The van der Waals surface area contributed by atoms with Gasteiger partial charge in [-0.25, -0.2) is 9.37 Å². The molecule has 1 aromatic heterocycles. The summed E-state index contributed by atoms with van der Waals surface area (Å²) in [4.78, 5) is 66.8. The second-order valence-corrected chi connectivity index (χ2v) is 12.8. The lowest BCUT2D eigenvalue weighted by Gasteiger charge is -2.49. The van der Waals surface area contributed by atoms with Gasteiger partial charge < -0.3 is 19.6 Å². The zero-order valence-electron chi connectivity index (χ0n) is 26.9. The Bertz CT molecular complexity index is 1670. The van der Waals surface area contributed by atoms with Crippen LogP contribution in [-0.4, -0.2) is 114 Å². The lowest BCUT2D eigenvalue weighted by Crippen LogP contribution is -2.68. The van der Waals surface area contributed by atoms with Crippen LogP contribution < -0.4 is 14.7 Å². The molecule has 0 N–H and O–H groups in total. The Balaban J connectivity index is 1.28. The molecular weight excluding hydrogens is 634 g/mol. The number of fused-ring (bicyclic) bond motifs is 3. The Morgan fingerprint density at radius 1 is 1.06 bits per heavy atom.